The quantitative estimate of drug-likeness (QED) is 0.555. The zero-order chi connectivity index (χ0) is 16.7. The van der Waals surface area contributed by atoms with E-state index in [4.69, 9.17) is 0 Å². The van der Waals surface area contributed by atoms with Crippen molar-refractivity contribution < 1.29 is 4.79 Å². The topological polar surface area (TPSA) is 96.6 Å². The minimum absolute atomic E-state index is 0.177. The summed E-state index contributed by atoms with van der Waals surface area (Å²) in [4.78, 5) is 30.9. The highest BCUT2D eigenvalue weighted by molar-refractivity contribution is 9.10. The largest absolute Gasteiger partial charge is 0.345 e. The van der Waals surface area contributed by atoms with Gasteiger partial charge in [0.05, 0.1) is 16.7 Å². The summed E-state index contributed by atoms with van der Waals surface area (Å²) in [6, 6.07) is 5.25. The van der Waals surface area contributed by atoms with Gasteiger partial charge < -0.3 is 14.7 Å². The highest BCUT2D eigenvalue weighted by Gasteiger charge is 2.13. The molecule has 0 saturated heterocycles. The van der Waals surface area contributed by atoms with Gasteiger partial charge >= 0.3 is 0 Å². The molecule has 0 aromatic carbocycles. The van der Waals surface area contributed by atoms with E-state index in [2.05, 4.69) is 36.3 Å². The first-order valence-corrected chi connectivity index (χ1v) is 7.88. The van der Waals surface area contributed by atoms with E-state index in [1.54, 1.807) is 6.20 Å². The Bertz CT molecular complexity index is 1130. The molecule has 0 aliphatic heterocycles. The van der Waals surface area contributed by atoms with Gasteiger partial charge in [0.1, 0.15) is 5.52 Å². The maximum Gasteiger partial charge on any atom is 0.273 e. The second kappa shape index (κ2) is 5.60. The van der Waals surface area contributed by atoms with Crippen LogP contribution in [0.2, 0.25) is 0 Å². The van der Waals surface area contributed by atoms with Crippen LogP contribution in [0, 0.1) is 0 Å². The van der Waals surface area contributed by atoms with Gasteiger partial charge in [-0.15, -0.1) is 0 Å². The first kappa shape index (κ1) is 14.6. The van der Waals surface area contributed by atoms with Gasteiger partial charge in [-0.05, 0) is 28.1 Å². The fourth-order valence-electron chi connectivity index (χ4n) is 2.42. The van der Waals surface area contributed by atoms with Crippen LogP contribution in [0.3, 0.4) is 0 Å². The molecule has 120 valence electrons. The second-order valence-electron chi connectivity index (χ2n) is 5.15. The van der Waals surface area contributed by atoms with Gasteiger partial charge in [0.15, 0.2) is 11.3 Å². The van der Waals surface area contributed by atoms with E-state index in [9.17, 15) is 9.59 Å². The lowest BCUT2D eigenvalue weighted by molar-refractivity contribution is 0.0945. The number of H-pyrrole nitrogens is 1. The molecule has 0 bridgehead atoms. The van der Waals surface area contributed by atoms with E-state index >= 15 is 0 Å². The third-order valence-electron chi connectivity index (χ3n) is 3.55. The molecule has 4 heterocycles. The normalized spacial score (nSPS) is 11.2. The molecule has 1 amide bonds. The zero-order valence-electron chi connectivity index (χ0n) is 12.2. The summed E-state index contributed by atoms with van der Waals surface area (Å²) in [5, 5.41) is 6.85. The van der Waals surface area contributed by atoms with Crippen molar-refractivity contribution in [2.24, 2.45) is 0 Å². The molecule has 4 aromatic heterocycles. The fraction of sp³-hybridized carbons (Fsp3) is 0.0667. The van der Waals surface area contributed by atoms with Crippen molar-refractivity contribution in [3.63, 3.8) is 0 Å². The van der Waals surface area contributed by atoms with Gasteiger partial charge in [0.25, 0.3) is 11.5 Å². The maximum atomic E-state index is 12.2. The Balaban J connectivity index is 1.55. The average molecular weight is 387 g/mol. The molecule has 2 N–H and O–H groups in total. The van der Waals surface area contributed by atoms with Gasteiger partial charge in [-0.3, -0.25) is 9.59 Å². The fourth-order valence-corrected chi connectivity index (χ4v) is 2.87. The summed E-state index contributed by atoms with van der Waals surface area (Å²) in [5.41, 5.74) is 1.70. The number of carbonyl (C=O) groups is 1. The van der Waals surface area contributed by atoms with Crippen molar-refractivity contribution >= 4 is 33.0 Å². The third kappa shape index (κ3) is 2.48. The molecule has 0 atom stereocenters. The Morgan fingerprint density at radius 1 is 1.38 bits per heavy atom. The van der Waals surface area contributed by atoms with Crippen molar-refractivity contribution in [1.82, 2.24) is 29.3 Å². The minimum atomic E-state index is -0.366. The van der Waals surface area contributed by atoms with E-state index in [0.29, 0.717) is 5.52 Å². The van der Waals surface area contributed by atoms with Gasteiger partial charge in [-0.2, -0.15) is 5.10 Å². The van der Waals surface area contributed by atoms with E-state index in [1.165, 1.54) is 16.8 Å². The average Bonchev–Trinajstić information content (AvgIpc) is 3.18. The summed E-state index contributed by atoms with van der Waals surface area (Å²) >= 11 is 3.44. The van der Waals surface area contributed by atoms with Crippen LogP contribution in [-0.4, -0.2) is 29.9 Å². The first-order chi connectivity index (χ1) is 11.6. The van der Waals surface area contributed by atoms with Crippen LogP contribution >= 0.6 is 15.9 Å². The molecule has 0 unspecified atom stereocenters. The van der Waals surface area contributed by atoms with Crippen LogP contribution in [-0.2, 0) is 6.54 Å². The molecule has 0 spiro atoms. The van der Waals surface area contributed by atoms with Crippen molar-refractivity contribution in [3.05, 3.63) is 69.2 Å². The Kier molecular flexibility index (Phi) is 3.42. The first-order valence-electron chi connectivity index (χ1n) is 7.09. The van der Waals surface area contributed by atoms with Crippen LogP contribution in [0.1, 0.15) is 16.2 Å². The van der Waals surface area contributed by atoms with Crippen LogP contribution in [0.5, 0.6) is 0 Å². The van der Waals surface area contributed by atoms with Crippen LogP contribution in [0.4, 0.5) is 0 Å². The number of halogens is 1. The van der Waals surface area contributed by atoms with Crippen LogP contribution < -0.4 is 10.9 Å². The number of nitrogens with zero attached hydrogens (tertiary/aromatic N) is 4. The molecule has 24 heavy (non-hydrogen) atoms. The summed E-state index contributed by atoms with van der Waals surface area (Å²) in [6.45, 7) is 0.261. The Morgan fingerprint density at radius 3 is 3.04 bits per heavy atom. The monoisotopic (exact) mass is 386 g/mol. The van der Waals surface area contributed by atoms with Crippen molar-refractivity contribution in [2.45, 2.75) is 6.54 Å². The molecule has 0 aliphatic rings. The Labute approximate surface area is 143 Å². The Morgan fingerprint density at radius 2 is 2.25 bits per heavy atom. The van der Waals surface area contributed by atoms with Crippen LogP contribution in [0.15, 0.2) is 52.3 Å². The number of hydrogen-bond donors (Lipinski definition) is 2. The SMILES string of the molecule is O=C(NCc1cn2cccc(Br)c2n1)c1cc2c(=O)[nH]ccn2n1. The number of aromatic nitrogens is 5. The number of hydrogen-bond acceptors (Lipinski definition) is 4. The molecule has 4 aromatic rings. The molecule has 0 saturated carbocycles. The third-order valence-corrected chi connectivity index (χ3v) is 4.17. The maximum absolute atomic E-state index is 12.2. The van der Waals surface area contributed by atoms with Gasteiger partial charge in [-0.1, -0.05) is 0 Å². The molecule has 8 nitrogen and oxygen atoms in total. The Hall–Kier alpha value is -2.94. The minimum Gasteiger partial charge on any atom is -0.345 e. The summed E-state index contributed by atoms with van der Waals surface area (Å²) in [7, 11) is 0. The lowest BCUT2D eigenvalue weighted by atomic mass is 10.3. The molecule has 9 heteroatoms. The summed E-state index contributed by atoms with van der Waals surface area (Å²) in [6.07, 6.45) is 6.77. The number of carbonyl (C=O) groups excluding carboxylic acids is 1. The lowest BCUT2D eigenvalue weighted by Gasteiger charge is -1.99. The number of imidazole rings is 1. The molecular formula is C15H11BrN6O2. The number of rotatable bonds is 3. The van der Waals surface area contributed by atoms with E-state index in [0.717, 1.165) is 15.8 Å². The van der Waals surface area contributed by atoms with Gasteiger partial charge in [-0.25, -0.2) is 9.50 Å². The predicted octanol–water partition coefficient (Wildman–Crippen LogP) is 1.36. The second-order valence-corrected chi connectivity index (χ2v) is 6.00. The van der Waals surface area contributed by atoms with Gasteiger partial charge in [0.2, 0.25) is 0 Å². The standard InChI is InChI=1S/C15H11BrN6O2/c16-10-2-1-4-21-8-9(19-13(10)21)7-18-14(23)11-6-12-15(24)17-3-5-22(12)20-11/h1-6,8H,7H2,(H,17,24)(H,18,23). The summed E-state index contributed by atoms with van der Waals surface area (Å²) in [5.74, 6) is -0.366. The van der Waals surface area contributed by atoms with E-state index in [1.807, 2.05) is 28.9 Å². The highest BCUT2D eigenvalue weighted by atomic mass is 79.9. The molecule has 0 fully saturated rings. The van der Waals surface area contributed by atoms with Crippen LogP contribution in [0.25, 0.3) is 11.2 Å². The van der Waals surface area contributed by atoms with Crippen molar-refractivity contribution in [1.29, 1.82) is 0 Å². The molecule has 4 rings (SSSR count). The number of aromatic amines is 1. The zero-order valence-corrected chi connectivity index (χ0v) is 13.8. The highest BCUT2D eigenvalue weighted by Crippen LogP contribution is 2.16. The predicted molar refractivity (Wildman–Crippen MR) is 89.9 cm³/mol. The summed E-state index contributed by atoms with van der Waals surface area (Å²) < 4.78 is 4.12. The smallest absolute Gasteiger partial charge is 0.273 e. The van der Waals surface area contributed by atoms with E-state index < -0.39 is 0 Å². The number of nitrogens with one attached hydrogen (secondary N) is 2. The number of amides is 1. The molecule has 0 aliphatic carbocycles. The van der Waals surface area contributed by atoms with Gasteiger partial charge in [0, 0.05) is 30.9 Å². The number of fused-ring (bicyclic) bond motifs is 2. The molecule has 0 radical (unpaired) electrons. The van der Waals surface area contributed by atoms with Crippen molar-refractivity contribution in [2.75, 3.05) is 0 Å². The molecular weight excluding hydrogens is 376 g/mol. The number of pyridine rings is 1. The van der Waals surface area contributed by atoms with E-state index in [-0.39, 0.29) is 23.7 Å². The van der Waals surface area contributed by atoms with Crippen molar-refractivity contribution in [3.8, 4) is 0 Å². The lowest BCUT2D eigenvalue weighted by Crippen LogP contribution is -2.23.